The summed E-state index contributed by atoms with van der Waals surface area (Å²) < 4.78 is 0. The van der Waals surface area contributed by atoms with Crippen molar-refractivity contribution in [3.05, 3.63) is 233 Å². The molecular weight excluding hydrogens is 1210 g/mol. The van der Waals surface area contributed by atoms with Gasteiger partial charge in [0.2, 0.25) is 0 Å². The third-order valence-corrected chi connectivity index (χ3v) is 9.32. The fourth-order valence-corrected chi connectivity index (χ4v) is 5.05. The Hall–Kier alpha value is -4.93. The van der Waals surface area contributed by atoms with Gasteiger partial charge in [0.25, 0.3) is 0 Å². The Bertz CT molecular complexity index is 2190. The normalized spacial score (nSPS) is 8.78. The molecule has 0 radical (unpaired) electrons. The molecule has 8 rings (SSSR count). The molecule has 10 nitrogen and oxygen atoms in total. The van der Waals surface area contributed by atoms with E-state index in [1.54, 1.807) is 0 Å². The fraction of sp³-hybridized carbons (Fsp3) is 0.237. The minimum Gasteiger partial charge on any atom is -1.00 e. The summed E-state index contributed by atoms with van der Waals surface area (Å²) in [7, 11) is 0. The van der Waals surface area contributed by atoms with Crippen LogP contribution in [-0.2, 0) is 58.4 Å². The summed E-state index contributed by atoms with van der Waals surface area (Å²) in [6.45, 7) is 23.8. The summed E-state index contributed by atoms with van der Waals surface area (Å²) in [5.74, 6) is -1.75. The van der Waals surface area contributed by atoms with Crippen LogP contribution in [0.1, 0.15) is 104 Å². The first-order chi connectivity index (χ1) is 32.3. The molecule has 3 heterocycles. The molecule has 0 saturated heterocycles. The molecule has 0 bridgehead atoms. The molecule has 74 heavy (non-hydrogen) atoms. The molecule has 0 aliphatic carbocycles. The Balaban J connectivity index is -0.000000177. The third kappa shape index (κ3) is 39.5. The number of halogens is 1. The van der Waals surface area contributed by atoms with Gasteiger partial charge in [-0.3, -0.25) is 15.0 Å². The predicted octanol–water partition coefficient (Wildman–Crippen LogP) is 4.21. The number of benzene rings is 5. The average molecular weight is 1280 g/mol. The van der Waals surface area contributed by atoms with Gasteiger partial charge in [-0.2, -0.15) is 0 Å². The molecule has 0 amide bonds. The van der Waals surface area contributed by atoms with E-state index >= 15 is 0 Å². The van der Waals surface area contributed by atoms with Crippen LogP contribution in [0.4, 0.5) is 0 Å². The molecule has 0 atom stereocenters. The summed E-state index contributed by atoms with van der Waals surface area (Å²) in [6.07, 6.45) is 3.89. The topological polar surface area (TPSA) is 209 Å². The molecule has 0 aliphatic heterocycles. The van der Waals surface area contributed by atoms with E-state index in [9.17, 15) is 30.6 Å². The zero-order chi connectivity index (χ0) is 50.9. The Morgan fingerprint density at radius 2 is 0.486 bits per heavy atom. The zero-order valence-electron chi connectivity index (χ0n) is 44.4. The zero-order valence-corrected chi connectivity index (χ0v) is 50.3. The smallest absolute Gasteiger partial charge is 1.00 e. The van der Waals surface area contributed by atoms with Gasteiger partial charge < -0.3 is 48.5 Å². The molecule has 0 spiro atoms. The van der Waals surface area contributed by atoms with Crippen LogP contribution in [0.2, 0.25) is 0 Å². The van der Waals surface area contributed by atoms with E-state index in [0.29, 0.717) is 17.8 Å². The molecule has 3 aromatic heterocycles. The van der Waals surface area contributed by atoms with Crippen molar-refractivity contribution in [2.24, 2.45) is 0 Å². The molecule has 0 aliphatic rings. The van der Waals surface area contributed by atoms with Gasteiger partial charge in [-0.25, -0.2) is 0 Å². The molecule has 0 unspecified atom stereocenters. The van der Waals surface area contributed by atoms with Gasteiger partial charge in [-0.05, 0) is 105 Å². The number of rotatable bonds is 3. The van der Waals surface area contributed by atoms with Gasteiger partial charge in [0.1, 0.15) is 0 Å². The van der Waals surface area contributed by atoms with Gasteiger partial charge in [-0.1, -0.05) is 238 Å². The van der Waals surface area contributed by atoms with E-state index in [1.165, 1.54) is 99.5 Å². The van der Waals surface area contributed by atoms with Crippen LogP contribution in [0.25, 0.3) is 0 Å². The van der Waals surface area contributed by atoms with Crippen LogP contribution in [0, 0.1) is 34.6 Å². The van der Waals surface area contributed by atoms with Crippen molar-refractivity contribution < 1.29 is 126 Å². The van der Waals surface area contributed by atoms with Gasteiger partial charge in [-0.15, -0.1) is 0 Å². The minimum absolute atomic E-state index is 0. The predicted molar refractivity (Wildman–Crippen MR) is 271 cm³/mol. The van der Waals surface area contributed by atoms with Gasteiger partial charge >= 0.3 is 77.3 Å². The number of nitrogens with zero attached hydrogens (tertiary/aromatic N) is 3. The quantitative estimate of drug-likeness (QED) is 0.232. The van der Waals surface area contributed by atoms with Crippen molar-refractivity contribution in [2.75, 3.05) is 0 Å². The third-order valence-electron chi connectivity index (χ3n) is 9.32. The molecule has 15 heteroatoms. The minimum atomic E-state index is -0.687. The van der Waals surface area contributed by atoms with Crippen molar-refractivity contribution in [2.45, 2.75) is 93.9 Å². The fourth-order valence-electron chi connectivity index (χ4n) is 5.05. The first kappa shape index (κ1) is 80.5. The Labute approximate surface area is 498 Å². The van der Waals surface area contributed by atoms with Gasteiger partial charge in [0.15, 0.2) is 0 Å². The first-order valence-electron chi connectivity index (χ1n) is 22.4. The average Bonchev–Trinajstić information content (AvgIpc) is 3.32. The number of hydrogen-bond acceptors (Lipinski definition) is 9. The van der Waals surface area contributed by atoms with Crippen LogP contribution >= 0.6 is 0 Å². The van der Waals surface area contributed by atoms with Crippen LogP contribution in [0.5, 0.6) is 34.9 Å². The Morgan fingerprint density at radius 3 is 0.608 bits per heavy atom. The molecule has 2 N–H and O–H groups in total. The van der Waals surface area contributed by atoms with Gasteiger partial charge in [0, 0.05) is 18.6 Å². The molecular formula is C59H69ClLiN3O7Ru3. The standard InChI is InChI=1S/3C10H14.2C7H8.3C5H5NO2.ClH.Li.H2O.3Ru/c3*1-8(2)10-6-4-9(3)5-7-10;2*1-7-5-3-2-4-6-7;3*7-4-2-1-3-6-5(4)8;;;;;;/h3*4-8H,1-3H3;2*2-6H,1H3;3*1-3,7H,(H,6,8);1H;;1H2;;;/q;;;;;;;;;+1;;3*+2/p-7. The monoisotopic (exact) mass is 1280 g/mol. The van der Waals surface area contributed by atoms with Crippen LogP contribution in [0.3, 0.4) is 0 Å². The number of aromatic nitrogens is 3. The van der Waals surface area contributed by atoms with Crippen LogP contribution < -0.4 is 61.9 Å². The van der Waals surface area contributed by atoms with Crippen molar-refractivity contribution in [1.29, 1.82) is 0 Å². The van der Waals surface area contributed by atoms with E-state index in [4.69, 9.17) is 0 Å². The molecule has 5 aromatic carbocycles. The summed E-state index contributed by atoms with van der Waals surface area (Å²) in [6, 6.07) is 54.5. The second kappa shape index (κ2) is 47.8. The van der Waals surface area contributed by atoms with E-state index in [0.717, 1.165) is 0 Å². The summed E-state index contributed by atoms with van der Waals surface area (Å²) in [5.41, 5.74) is 10.9. The van der Waals surface area contributed by atoms with E-state index in [2.05, 4.69) is 188 Å². The first-order valence-corrected chi connectivity index (χ1v) is 22.4. The Kier molecular flexibility index (Phi) is 51.9. The number of aryl methyl sites for hydroxylation is 5. The number of pyridine rings is 3. The summed E-state index contributed by atoms with van der Waals surface area (Å²) in [4.78, 5) is 9.63. The van der Waals surface area contributed by atoms with E-state index in [-0.39, 0.29) is 95.2 Å². The van der Waals surface area contributed by atoms with Crippen molar-refractivity contribution >= 4 is 0 Å². The van der Waals surface area contributed by atoms with Crippen molar-refractivity contribution in [3.8, 4) is 34.9 Å². The summed E-state index contributed by atoms with van der Waals surface area (Å²) in [5, 5.41) is 61.3. The molecule has 0 fully saturated rings. The van der Waals surface area contributed by atoms with Crippen LogP contribution in [-0.4, -0.2) is 20.4 Å². The van der Waals surface area contributed by atoms with Crippen LogP contribution in [0.15, 0.2) is 188 Å². The maximum atomic E-state index is 10.2. The van der Waals surface area contributed by atoms with Crippen molar-refractivity contribution in [3.63, 3.8) is 0 Å². The summed E-state index contributed by atoms with van der Waals surface area (Å²) >= 11 is 0. The van der Waals surface area contributed by atoms with E-state index < -0.39 is 34.9 Å². The van der Waals surface area contributed by atoms with Gasteiger partial charge in [0.05, 0.1) is 0 Å². The second-order valence-electron chi connectivity index (χ2n) is 16.4. The molecule has 394 valence electrons. The maximum Gasteiger partial charge on any atom is 2.00 e. The van der Waals surface area contributed by atoms with Crippen molar-refractivity contribution in [1.82, 2.24) is 15.0 Å². The number of hydrogen-bond donors (Lipinski definition) is 0. The maximum absolute atomic E-state index is 10.2. The Morgan fingerprint density at radius 1 is 0.297 bits per heavy atom. The molecule has 0 saturated carbocycles. The largest absolute Gasteiger partial charge is 2.00 e. The molecule has 8 aromatic rings. The SMILES string of the molecule is Cc1ccc(C(C)C)cc1.Cc1ccc(C(C)C)cc1.Cc1ccc(C(C)C)cc1.Cc1ccccc1.Cc1ccccc1.O.[Cl-].[Li+].[O-]c1cccnc1[O-].[O-]c1cccnc1[O-].[O-]c1cccnc1[O-].[Ru+2].[Ru+2].[Ru+2]. The second-order valence-corrected chi connectivity index (χ2v) is 16.4. The van der Waals surface area contributed by atoms with E-state index in [1.807, 2.05) is 36.4 Å².